The molecule has 6 nitrogen and oxygen atoms in total. The van der Waals surface area contributed by atoms with E-state index in [0.717, 1.165) is 10.0 Å². The lowest BCUT2D eigenvalue weighted by Crippen LogP contribution is -2.43. The lowest BCUT2D eigenvalue weighted by Gasteiger charge is -2.09. The molecule has 0 aliphatic rings. The van der Waals surface area contributed by atoms with E-state index in [0.29, 0.717) is 5.75 Å². The molecule has 0 radical (unpaired) electrons. The molecule has 0 aliphatic carbocycles. The van der Waals surface area contributed by atoms with Gasteiger partial charge in [0.2, 0.25) is 0 Å². The third-order valence-corrected chi connectivity index (χ3v) is 4.63. The number of halogens is 1. The van der Waals surface area contributed by atoms with Crippen LogP contribution in [0.1, 0.15) is 5.56 Å². The van der Waals surface area contributed by atoms with Crippen LogP contribution in [0.4, 0.5) is 0 Å². The van der Waals surface area contributed by atoms with E-state index < -0.39 is 15.9 Å². The molecule has 0 unspecified atom stereocenters. The van der Waals surface area contributed by atoms with Crippen LogP contribution in [-0.4, -0.2) is 20.9 Å². The fourth-order valence-electron chi connectivity index (χ4n) is 1.62. The van der Waals surface area contributed by atoms with Crippen LogP contribution in [0.3, 0.4) is 0 Å². The molecule has 0 saturated carbocycles. The quantitative estimate of drug-likeness (QED) is 0.730. The van der Waals surface area contributed by atoms with E-state index in [1.54, 1.807) is 36.4 Å². The van der Waals surface area contributed by atoms with Crippen LogP contribution in [0.2, 0.25) is 0 Å². The van der Waals surface area contributed by atoms with Gasteiger partial charge >= 0.3 is 0 Å². The van der Waals surface area contributed by atoms with Crippen molar-refractivity contribution in [3.63, 3.8) is 0 Å². The molecule has 2 rings (SSSR count). The van der Waals surface area contributed by atoms with Crippen LogP contribution in [0.15, 0.2) is 57.9 Å². The maximum Gasteiger partial charge on any atom is 0.272 e. The first-order chi connectivity index (χ1) is 10.9. The summed E-state index contributed by atoms with van der Waals surface area (Å²) in [6.45, 7) is 1.54. The molecule has 2 N–H and O–H groups in total. The number of carbonyl (C=O) groups excluding carboxylic acids is 1. The highest BCUT2D eigenvalue weighted by Crippen LogP contribution is 2.15. The Balaban J connectivity index is 1.86. The Hall–Kier alpha value is -1.90. The van der Waals surface area contributed by atoms with Crippen molar-refractivity contribution >= 4 is 31.9 Å². The zero-order valence-corrected chi connectivity index (χ0v) is 14.6. The van der Waals surface area contributed by atoms with Crippen molar-refractivity contribution in [3.8, 4) is 5.75 Å². The summed E-state index contributed by atoms with van der Waals surface area (Å²) in [5.41, 5.74) is 3.05. The Morgan fingerprint density at radius 3 is 2.30 bits per heavy atom. The van der Waals surface area contributed by atoms with Gasteiger partial charge in [0.1, 0.15) is 5.75 Å². The molecule has 0 aromatic heterocycles. The Morgan fingerprint density at radius 2 is 1.70 bits per heavy atom. The number of hydrazine groups is 1. The second kappa shape index (κ2) is 7.58. The summed E-state index contributed by atoms with van der Waals surface area (Å²) >= 11 is 3.29. The number of amides is 1. The van der Waals surface area contributed by atoms with Gasteiger partial charge in [0.25, 0.3) is 15.9 Å². The van der Waals surface area contributed by atoms with Gasteiger partial charge in [-0.3, -0.25) is 10.2 Å². The predicted molar refractivity (Wildman–Crippen MR) is 89.3 cm³/mol. The smallest absolute Gasteiger partial charge is 0.272 e. The first-order valence-electron chi connectivity index (χ1n) is 6.62. The summed E-state index contributed by atoms with van der Waals surface area (Å²) in [5.74, 6) is -0.103. The van der Waals surface area contributed by atoms with Crippen molar-refractivity contribution in [1.29, 1.82) is 0 Å². The number of carbonyl (C=O) groups is 1. The van der Waals surface area contributed by atoms with E-state index >= 15 is 0 Å². The van der Waals surface area contributed by atoms with Crippen molar-refractivity contribution in [1.82, 2.24) is 10.3 Å². The van der Waals surface area contributed by atoms with Gasteiger partial charge in [-0.1, -0.05) is 33.6 Å². The molecule has 0 saturated heterocycles. The highest BCUT2D eigenvalue weighted by atomic mass is 79.9. The average molecular weight is 399 g/mol. The van der Waals surface area contributed by atoms with Gasteiger partial charge in [0, 0.05) is 4.47 Å². The largest absolute Gasteiger partial charge is 0.484 e. The first-order valence-corrected chi connectivity index (χ1v) is 8.90. The number of hydrogen-bond donors (Lipinski definition) is 2. The summed E-state index contributed by atoms with van der Waals surface area (Å²) in [7, 11) is -3.80. The summed E-state index contributed by atoms with van der Waals surface area (Å²) < 4.78 is 30.1. The van der Waals surface area contributed by atoms with Gasteiger partial charge in [-0.15, -0.1) is 4.83 Å². The molecule has 23 heavy (non-hydrogen) atoms. The van der Waals surface area contributed by atoms with Crippen molar-refractivity contribution in [2.24, 2.45) is 0 Å². The van der Waals surface area contributed by atoms with Gasteiger partial charge in [-0.2, -0.15) is 0 Å². The zero-order valence-electron chi connectivity index (χ0n) is 12.2. The van der Waals surface area contributed by atoms with Crippen LogP contribution in [-0.2, 0) is 14.8 Å². The normalized spacial score (nSPS) is 11.0. The van der Waals surface area contributed by atoms with Crippen molar-refractivity contribution in [2.75, 3.05) is 6.61 Å². The molecule has 0 bridgehead atoms. The van der Waals surface area contributed by atoms with E-state index in [9.17, 15) is 13.2 Å². The summed E-state index contributed by atoms with van der Waals surface area (Å²) in [5, 5.41) is 0. The van der Waals surface area contributed by atoms with Gasteiger partial charge < -0.3 is 4.74 Å². The predicted octanol–water partition coefficient (Wildman–Crippen LogP) is 2.15. The summed E-state index contributed by atoms with van der Waals surface area (Å²) in [4.78, 5) is 13.7. The van der Waals surface area contributed by atoms with Gasteiger partial charge in [0.15, 0.2) is 6.61 Å². The summed E-state index contributed by atoms with van der Waals surface area (Å²) in [6.07, 6.45) is 0. The maximum atomic E-state index is 12.0. The molecule has 8 heteroatoms. The van der Waals surface area contributed by atoms with Crippen molar-refractivity contribution < 1.29 is 17.9 Å². The maximum absolute atomic E-state index is 12.0. The second-order valence-electron chi connectivity index (χ2n) is 4.71. The summed E-state index contributed by atoms with van der Waals surface area (Å²) in [6, 6.07) is 13.2. The van der Waals surface area contributed by atoms with Gasteiger partial charge in [-0.25, -0.2) is 8.42 Å². The third-order valence-electron chi connectivity index (χ3n) is 2.84. The number of nitrogens with one attached hydrogen (secondary N) is 2. The van der Waals surface area contributed by atoms with Crippen LogP contribution < -0.4 is 15.0 Å². The zero-order chi connectivity index (χ0) is 16.9. The number of benzene rings is 2. The average Bonchev–Trinajstić information content (AvgIpc) is 2.53. The monoisotopic (exact) mass is 398 g/mol. The molecule has 0 atom stereocenters. The number of hydrogen-bond acceptors (Lipinski definition) is 4. The Labute approximate surface area is 143 Å². The van der Waals surface area contributed by atoms with Gasteiger partial charge in [0.05, 0.1) is 4.90 Å². The molecule has 122 valence electrons. The Kier molecular flexibility index (Phi) is 5.75. The lowest BCUT2D eigenvalue weighted by molar-refractivity contribution is -0.123. The SMILES string of the molecule is Cc1ccc(S(=O)(=O)NNC(=O)COc2ccc(Br)cc2)cc1. The Morgan fingerprint density at radius 1 is 1.09 bits per heavy atom. The van der Waals surface area contributed by atoms with E-state index in [2.05, 4.69) is 21.4 Å². The number of ether oxygens (including phenoxy) is 1. The highest BCUT2D eigenvalue weighted by molar-refractivity contribution is 9.10. The molecular weight excluding hydrogens is 384 g/mol. The van der Waals surface area contributed by atoms with Crippen LogP contribution >= 0.6 is 15.9 Å². The van der Waals surface area contributed by atoms with Crippen molar-refractivity contribution in [2.45, 2.75) is 11.8 Å². The lowest BCUT2D eigenvalue weighted by atomic mass is 10.2. The molecule has 1 amide bonds. The van der Waals surface area contributed by atoms with Crippen LogP contribution in [0.25, 0.3) is 0 Å². The second-order valence-corrected chi connectivity index (χ2v) is 7.31. The molecular formula is C15H15BrN2O4S. The fourth-order valence-corrected chi connectivity index (χ4v) is 2.74. The Bertz CT molecular complexity index is 774. The fraction of sp³-hybridized carbons (Fsp3) is 0.133. The minimum atomic E-state index is -3.80. The van der Waals surface area contributed by atoms with E-state index in [1.807, 2.05) is 11.8 Å². The molecule has 0 heterocycles. The minimum absolute atomic E-state index is 0.0669. The van der Waals surface area contributed by atoms with Gasteiger partial charge in [-0.05, 0) is 43.3 Å². The molecule has 2 aromatic rings. The highest BCUT2D eigenvalue weighted by Gasteiger charge is 2.14. The van der Waals surface area contributed by atoms with E-state index in [1.165, 1.54) is 12.1 Å². The molecule has 0 spiro atoms. The minimum Gasteiger partial charge on any atom is -0.484 e. The molecule has 0 fully saturated rings. The standard InChI is InChI=1S/C15H15BrN2O4S/c1-11-2-8-14(9-3-11)23(20,21)18-17-15(19)10-22-13-6-4-12(16)5-7-13/h2-9,18H,10H2,1H3,(H,17,19). The van der Waals surface area contributed by atoms with Crippen molar-refractivity contribution in [3.05, 3.63) is 58.6 Å². The molecule has 0 aliphatic heterocycles. The number of rotatable bonds is 6. The third kappa shape index (κ3) is 5.34. The first kappa shape index (κ1) is 17.5. The van der Waals surface area contributed by atoms with E-state index in [4.69, 9.17) is 4.74 Å². The van der Waals surface area contributed by atoms with E-state index in [-0.39, 0.29) is 11.5 Å². The van der Waals surface area contributed by atoms with Crippen LogP contribution in [0.5, 0.6) is 5.75 Å². The topological polar surface area (TPSA) is 84.5 Å². The van der Waals surface area contributed by atoms with Crippen LogP contribution in [0, 0.1) is 6.92 Å². The number of sulfonamides is 1. The number of aryl methyl sites for hydroxylation is 1. The molecule has 2 aromatic carbocycles.